The van der Waals surface area contributed by atoms with Crippen molar-refractivity contribution in [3.8, 4) is 0 Å². The maximum atomic E-state index is 12.8. The topological polar surface area (TPSA) is 32.3 Å². The zero-order chi connectivity index (χ0) is 14.4. The molecule has 0 bridgehead atoms. The average molecular weight is 311 g/mol. The van der Waals surface area contributed by atoms with Gasteiger partial charge in [0, 0.05) is 19.1 Å². The van der Waals surface area contributed by atoms with Crippen molar-refractivity contribution in [1.82, 2.24) is 10.2 Å². The molecule has 118 valence electrons. The molecule has 2 rings (SSSR count). The summed E-state index contributed by atoms with van der Waals surface area (Å²) in [6, 6.07) is 10.6. The number of carbonyl (C=O) groups is 1. The number of halogens is 1. The van der Waals surface area contributed by atoms with Gasteiger partial charge in [0.25, 0.3) is 0 Å². The number of hydrogen-bond donors (Lipinski definition) is 1. The Kier molecular flexibility index (Phi) is 7.76. The van der Waals surface area contributed by atoms with Crippen molar-refractivity contribution in [2.75, 3.05) is 13.1 Å². The molecule has 1 unspecified atom stereocenters. The highest BCUT2D eigenvalue weighted by molar-refractivity contribution is 5.85. The first-order valence-electron chi connectivity index (χ1n) is 7.77. The van der Waals surface area contributed by atoms with Crippen LogP contribution in [0.5, 0.6) is 0 Å². The summed E-state index contributed by atoms with van der Waals surface area (Å²) >= 11 is 0. The summed E-state index contributed by atoms with van der Waals surface area (Å²) < 4.78 is 0. The summed E-state index contributed by atoms with van der Waals surface area (Å²) in [5.41, 5.74) is 1.21. The lowest BCUT2D eigenvalue weighted by Gasteiger charge is -2.33. The molecule has 1 aromatic rings. The highest BCUT2D eigenvalue weighted by atomic mass is 35.5. The van der Waals surface area contributed by atoms with Crippen molar-refractivity contribution in [1.29, 1.82) is 0 Å². The van der Waals surface area contributed by atoms with E-state index in [0.29, 0.717) is 11.9 Å². The first-order chi connectivity index (χ1) is 9.72. The molecule has 3 nitrogen and oxygen atoms in total. The van der Waals surface area contributed by atoms with Crippen LogP contribution in [0.4, 0.5) is 0 Å². The Balaban J connectivity index is 0.00000220. The van der Waals surface area contributed by atoms with Crippen molar-refractivity contribution in [2.24, 2.45) is 5.92 Å². The van der Waals surface area contributed by atoms with Crippen molar-refractivity contribution in [3.05, 3.63) is 35.9 Å². The van der Waals surface area contributed by atoms with E-state index in [2.05, 4.69) is 36.2 Å². The van der Waals surface area contributed by atoms with E-state index >= 15 is 0 Å². The number of amides is 1. The molecule has 1 heterocycles. The predicted octanol–water partition coefficient (Wildman–Crippen LogP) is 3.24. The van der Waals surface area contributed by atoms with Crippen molar-refractivity contribution in [3.63, 3.8) is 0 Å². The van der Waals surface area contributed by atoms with Gasteiger partial charge in [-0.1, -0.05) is 37.3 Å². The fourth-order valence-electron chi connectivity index (χ4n) is 2.75. The van der Waals surface area contributed by atoms with Crippen LogP contribution >= 0.6 is 12.4 Å². The number of rotatable bonds is 5. The molecule has 0 aromatic heterocycles. The van der Waals surface area contributed by atoms with Crippen LogP contribution in [0.15, 0.2) is 30.3 Å². The summed E-state index contributed by atoms with van der Waals surface area (Å²) in [6.07, 6.45) is 3.13. The van der Waals surface area contributed by atoms with Gasteiger partial charge in [-0.3, -0.25) is 4.79 Å². The van der Waals surface area contributed by atoms with E-state index < -0.39 is 0 Å². The first-order valence-corrected chi connectivity index (χ1v) is 7.77. The molecule has 1 aliphatic rings. The lowest BCUT2D eigenvalue weighted by atomic mass is 9.97. The van der Waals surface area contributed by atoms with Crippen LogP contribution in [0.3, 0.4) is 0 Å². The second-order valence-corrected chi connectivity index (χ2v) is 5.75. The number of carbonyl (C=O) groups excluding carboxylic acids is 1. The largest absolute Gasteiger partial charge is 0.335 e. The second kappa shape index (κ2) is 9.06. The van der Waals surface area contributed by atoms with Crippen LogP contribution in [0.2, 0.25) is 0 Å². The van der Waals surface area contributed by atoms with E-state index in [0.717, 1.165) is 38.9 Å². The molecule has 2 atom stereocenters. The highest BCUT2D eigenvalue weighted by Crippen LogP contribution is 2.19. The number of benzene rings is 1. The van der Waals surface area contributed by atoms with Gasteiger partial charge in [0.15, 0.2) is 0 Å². The Morgan fingerprint density at radius 2 is 2.10 bits per heavy atom. The molecular weight excluding hydrogens is 284 g/mol. The predicted molar refractivity (Wildman–Crippen MR) is 89.6 cm³/mol. The second-order valence-electron chi connectivity index (χ2n) is 5.75. The van der Waals surface area contributed by atoms with E-state index in [1.165, 1.54) is 5.56 Å². The molecule has 1 fully saturated rings. The minimum absolute atomic E-state index is 0. The van der Waals surface area contributed by atoms with E-state index in [-0.39, 0.29) is 18.3 Å². The van der Waals surface area contributed by atoms with Gasteiger partial charge in [0.2, 0.25) is 5.91 Å². The van der Waals surface area contributed by atoms with Crippen LogP contribution in [-0.2, 0) is 11.3 Å². The summed E-state index contributed by atoms with van der Waals surface area (Å²) in [7, 11) is 0. The van der Waals surface area contributed by atoms with E-state index in [1.807, 2.05) is 18.2 Å². The molecule has 1 aromatic carbocycles. The van der Waals surface area contributed by atoms with Crippen molar-refractivity contribution in [2.45, 2.75) is 45.7 Å². The minimum atomic E-state index is 0. The van der Waals surface area contributed by atoms with Gasteiger partial charge in [-0.15, -0.1) is 12.4 Å². The lowest BCUT2D eigenvalue weighted by Crippen LogP contribution is -2.46. The average Bonchev–Trinajstić information content (AvgIpc) is 2.53. The van der Waals surface area contributed by atoms with Gasteiger partial charge >= 0.3 is 0 Å². The molecule has 1 N–H and O–H groups in total. The Morgan fingerprint density at radius 1 is 1.38 bits per heavy atom. The van der Waals surface area contributed by atoms with Crippen LogP contribution < -0.4 is 5.32 Å². The molecule has 1 aliphatic heterocycles. The smallest absolute Gasteiger partial charge is 0.227 e. The summed E-state index contributed by atoms with van der Waals surface area (Å²) in [6.45, 7) is 6.91. The minimum Gasteiger partial charge on any atom is -0.335 e. The van der Waals surface area contributed by atoms with Crippen molar-refractivity contribution < 1.29 is 4.79 Å². The third-order valence-electron chi connectivity index (χ3n) is 4.25. The number of nitrogens with zero attached hydrogens (tertiary/aromatic N) is 1. The van der Waals surface area contributed by atoms with Crippen LogP contribution in [0.25, 0.3) is 0 Å². The monoisotopic (exact) mass is 310 g/mol. The third-order valence-corrected chi connectivity index (χ3v) is 4.25. The van der Waals surface area contributed by atoms with Gasteiger partial charge in [0.05, 0.1) is 5.92 Å². The zero-order valence-electron chi connectivity index (χ0n) is 13.0. The van der Waals surface area contributed by atoms with Crippen LogP contribution in [0.1, 0.15) is 38.7 Å². The molecule has 4 heteroatoms. The molecule has 0 saturated carbocycles. The van der Waals surface area contributed by atoms with Gasteiger partial charge in [-0.25, -0.2) is 0 Å². The first kappa shape index (κ1) is 18.0. The summed E-state index contributed by atoms with van der Waals surface area (Å²) in [5, 5.41) is 3.34. The molecule has 21 heavy (non-hydrogen) atoms. The Hall–Kier alpha value is -1.06. The fourth-order valence-corrected chi connectivity index (χ4v) is 2.75. The van der Waals surface area contributed by atoms with Gasteiger partial charge < -0.3 is 10.2 Å². The SMILES string of the molecule is CCC(C)N(Cc1ccccc1)C(=O)[C@@H]1CCCNC1.Cl. The van der Waals surface area contributed by atoms with Gasteiger partial charge in [0.1, 0.15) is 0 Å². The number of nitrogens with one attached hydrogen (secondary N) is 1. The Labute approximate surface area is 134 Å². The highest BCUT2D eigenvalue weighted by Gasteiger charge is 2.28. The Bertz CT molecular complexity index is 418. The normalized spacial score (nSPS) is 19.4. The molecule has 0 radical (unpaired) electrons. The maximum Gasteiger partial charge on any atom is 0.227 e. The van der Waals surface area contributed by atoms with E-state index in [1.54, 1.807) is 0 Å². The Morgan fingerprint density at radius 3 is 2.67 bits per heavy atom. The summed E-state index contributed by atoms with van der Waals surface area (Å²) in [5.74, 6) is 0.469. The number of hydrogen-bond acceptors (Lipinski definition) is 2. The molecule has 1 saturated heterocycles. The van der Waals surface area contributed by atoms with Crippen LogP contribution in [0, 0.1) is 5.92 Å². The molecule has 0 spiro atoms. The number of piperidine rings is 1. The fraction of sp³-hybridized carbons (Fsp3) is 0.588. The van der Waals surface area contributed by atoms with Gasteiger partial charge in [-0.05, 0) is 38.3 Å². The third kappa shape index (κ3) is 5.01. The van der Waals surface area contributed by atoms with Gasteiger partial charge in [-0.2, -0.15) is 0 Å². The van der Waals surface area contributed by atoms with Crippen LogP contribution in [-0.4, -0.2) is 29.9 Å². The lowest BCUT2D eigenvalue weighted by molar-refractivity contribution is -0.139. The quantitative estimate of drug-likeness (QED) is 0.905. The maximum absolute atomic E-state index is 12.8. The van der Waals surface area contributed by atoms with E-state index in [4.69, 9.17) is 0 Å². The van der Waals surface area contributed by atoms with E-state index in [9.17, 15) is 4.79 Å². The molecule has 1 amide bonds. The molecular formula is C17H27ClN2O. The standard InChI is InChI=1S/C17H26N2O.ClH/c1-3-14(2)19(13-15-8-5-4-6-9-15)17(20)16-10-7-11-18-12-16;/h4-6,8-9,14,16,18H,3,7,10-13H2,1-2H3;1H/t14?,16-;/m1./s1. The summed E-state index contributed by atoms with van der Waals surface area (Å²) in [4.78, 5) is 14.9. The molecule has 0 aliphatic carbocycles. The van der Waals surface area contributed by atoms with Crippen molar-refractivity contribution >= 4 is 18.3 Å². The zero-order valence-corrected chi connectivity index (χ0v) is 13.9.